The number of fused-ring (bicyclic) bond motifs is 3. The predicted octanol–water partition coefficient (Wildman–Crippen LogP) is 8.69. The van der Waals surface area contributed by atoms with Crippen molar-refractivity contribution >= 4 is 57.1 Å². The number of nitriles is 3. The largest absolute Gasteiger partial charge is 0.459 e. The SMILES string of the molecule is C/C(C#N)=C/c1cc2ccccc2o1.N#CC(=C=Cc1cc2ccccc2o1)OOCCOCCOCCOC(=O)/C(C#N)=C\c1cc2ccccc2o1. The van der Waals surface area contributed by atoms with E-state index in [0.29, 0.717) is 22.7 Å². The maximum absolute atomic E-state index is 12.2. The standard InChI is InChI=1S/C30H24N2O8.C12H9NO/c31-20-24(19-27-18-23-6-2-4-8-29(23)39-27)30(33)36-15-13-34-11-12-35-14-16-37-40-26(21-32)10-9-25-17-22-5-1-3-7-28(22)38-25;1-9(8-13)6-11-7-10-4-2-3-5-12(10)14-11/h1-9,17-19H,11-16H2;2-7H,1H3/b24-19-;9-6-. The lowest BCUT2D eigenvalue weighted by Gasteiger charge is -2.07. The van der Waals surface area contributed by atoms with E-state index in [2.05, 4.69) is 11.8 Å². The molecule has 12 heteroatoms. The molecule has 0 saturated carbocycles. The van der Waals surface area contributed by atoms with Crippen molar-refractivity contribution in [3.63, 3.8) is 0 Å². The van der Waals surface area contributed by atoms with E-state index in [-0.39, 0.29) is 51.0 Å². The normalized spacial score (nSPS) is 11.1. The van der Waals surface area contributed by atoms with Crippen molar-refractivity contribution in [1.29, 1.82) is 15.8 Å². The highest BCUT2D eigenvalue weighted by molar-refractivity contribution is 5.98. The van der Waals surface area contributed by atoms with Crippen LogP contribution in [0.1, 0.15) is 24.2 Å². The van der Waals surface area contributed by atoms with Crippen LogP contribution in [0.25, 0.3) is 51.1 Å². The van der Waals surface area contributed by atoms with Gasteiger partial charge in [-0.15, -0.1) is 0 Å². The van der Waals surface area contributed by atoms with Crippen LogP contribution in [-0.2, 0) is 28.8 Å². The van der Waals surface area contributed by atoms with Gasteiger partial charge in [0.2, 0.25) is 0 Å². The Labute approximate surface area is 310 Å². The molecule has 0 aliphatic heterocycles. The van der Waals surface area contributed by atoms with Gasteiger partial charge in [0.15, 0.2) is 6.07 Å². The average Bonchev–Trinajstić information content (AvgIpc) is 3.93. The van der Waals surface area contributed by atoms with Crippen LogP contribution >= 0.6 is 0 Å². The van der Waals surface area contributed by atoms with Crippen molar-refractivity contribution in [3.05, 3.63) is 131 Å². The lowest BCUT2D eigenvalue weighted by atomic mass is 10.2. The molecule has 0 atom stereocenters. The van der Waals surface area contributed by atoms with Gasteiger partial charge in [-0.2, -0.15) is 20.7 Å². The Morgan fingerprint density at radius 2 is 1.13 bits per heavy atom. The fourth-order valence-corrected chi connectivity index (χ4v) is 4.74. The summed E-state index contributed by atoms with van der Waals surface area (Å²) in [4.78, 5) is 22.0. The predicted molar refractivity (Wildman–Crippen MR) is 198 cm³/mol. The van der Waals surface area contributed by atoms with E-state index in [9.17, 15) is 10.1 Å². The molecule has 0 fully saturated rings. The Morgan fingerprint density at radius 1 is 0.630 bits per heavy atom. The third kappa shape index (κ3) is 11.5. The highest BCUT2D eigenvalue weighted by Crippen LogP contribution is 2.22. The van der Waals surface area contributed by atoms with E-state index >= 15 is 0 Å². The summed E-state index contributed by atoms with van der Waals surface area (Å²) in [5.74, 6) is 0.713. The summed E-state index contributed by atoms with van der Waals surface area (Å²) in [7, 11) is 0. The highest BCUT2D eigenvalue weighted by Gasteiger charge is 2.12. The van der Waals surface area contributed by atoms with Crippen molar-refractivity contribution in [1.82, 2.24) is 0 Å². The molecule has 270 valence electrons. The van der Waals surface area contributed by atoms with Gasteiger partial charge < -0.3 is 32.3 Å². The fourth-order valence-electron chi connectivity index (χ4n) is 4.74. The average molecular weight is 724 g/mol. The zero-order chi connectivity index (χ0) is 38.0. The minimum Gasteiger partial charge on any atom is -0.459 e. The molecule has 0 N–H and O–H groups in total. The van der Waals surface area contributed by atoms with E-state index in [4.69, 9.17) is 47.8 Å². The van der Waals surface area contributed by atoms with Crippen molar-refractivity contribution in [3.8, 4) is 18.2 Å². The Morgan fingerprint density at radius 3 is 1.67 bits per heavy atom. The van der Waals surface area contributed by atoms with E-state index in [0.717, 1.165) is 33.1 Å². The molecule has 0 amide bonds. The Hall–Kier alpha value is -7.10. The number of carbonyl (C=O) groups excluding carboxylic acids is 1. The minimum atomic E-state index is -0.766. The maximum Gasteiger partial charge on any atom is 0.349 e. The zero-order valence-electron chi connectivity index (χ0n) is 29.2. The van der Waals surface area contributed by atoms with Gasteiger partial charge in [0.1, 0.15) is 58.9 Å². The number of para-hydroxylation sites is 3. The van der Waals surface area contributed by atoms with E-state index in [1.54, 1.807) is 25.1 Å². The van der Waals surface area contributed by atoms with Crippen molar-refractivity contribution in [2.24, 2.45) is 0 Å². The number of hydrogen-bond donors (Lipinski definition) is 0. The van der Waals surface area contributed by atoms with Crippen LogP contribution in [0.4, 0.5) is 0 Å². The molecule has 0 saturated heterocycles. The van der Waals surface area contributed by atoms with E-state index in [1.165, 1.54) is 12.2 Å². The van der Waals surface area contributed by atoms with Crippen LogP contribution < -0.4 is 0 Å². The first-order valence-electron chi connectivity index (χ1n) is 16.6. The number of hydrogen-bond acceptors (Lipinski definition) is 12. The van der Waals surface area contributed by atoms with Gasteiger partial charge in [-0.25, -0.2) is 4.79 Å². The summed E-state index contributed by atoms with van der Waals surface area (Å²) in [5, 5.41) is 29.9. The zero-order valence-corrected chi connectivity index (χ0v) is 29.2. The summed E-state index contributed by atoms with van der Waals surface area (Å²) >= 11 is 0. The highest BCUT2D eigenvalue weighted by atomic mass is 17.2. The summed E-state index contributed by atoms with van der Waals surface area (Å²) in [6.45, 7) is 2.65. The van der Waals surface area contributed by atoms with Crippen LogP contribution in [0, 0.1) is 34.0 Å². The van der Waals surface area contributed by atoms with Crippen molar-refractivity contribution in [2.75, 3.05) is 39.6 Å². The molecule has 3 aromatic carbocycles. The molecule has 12 nitrogen and oxygen atoms in total. The molecular weight excluding hydrogens is 690 g/mol. The Kier molecular flexibility index (Phi) is 14.2. The Bertz CT molecular complexity index is 2360. The van der Waals surface area contributed by atoms with Gasteiger partial charge in [-0.1, -0.05) is 60.3 Å². The van der Waals surface area contributed by atoms with Gasteiger partial charge in [0, 0.05) is 33.9 Å². The van der Waals surface area contributed by atoms with Gasteiger partial charge in [-0.3, -0.25) is 0 Å². The van der Waals surface area contributed by atoms with Gasteiger partial charge >= 0.3 is 5.97 Å². The second kappa shape index (κ2) is 20.1. The second-order valence-electron chi connectivity index (χ2n) is 11.2. The molecule has 0 radical (unpaired) electrons. The lowest BCUT2D eigenvalue weighted by molar-refractivity contribution is -0.263. The number of rotatable bonds is 15. The molecule has 54 heavy (non-hydrogen) atoms. The molecule has 0 aliphatic rings. The van der Waals surface area contributed by atoms with Crippen molar-refractivity contribution in [2.45, 2.75) is 6.92 Å². The van der Waals surface area contributed by atoms with E-state index in [1.807, 2.05) is 91.0 Å². The second-order valence-corrected chi connectivity index (χ2v) is 11.2. The fraction of sp³-hybridized carbons (Fsp3) is 0.167. The summed E-state index contributed by atoms with van der Waals surface area (Å²) in [5.41, 5.74) is 5.39. The van der Waals surface area contributed by atoms with Crippen LogP contribution in [0.5, 0.6) is 0 Å². The molecule has 0 spiro atoms. The van der Waals surface area contributed by atoms with E-state index < -0.39 is 5.97 Å². The molecule has 6 aromatic rings. The minimum absolute atomic E-state index is 0.0280. The number of furan rings is 3. The van der Waals surface area contributed by atoms with Gasteiger partial charge in [0.05, 0.1) is 32.5 Å². The smallest absolute Gasteiger partial charge is 0.349 e. The molecule has 0 aliphatic carbocycles. The molecule has 3 aromatic heterocycles. The number of allylic oxidation sites excluding steroid dienone is 2. The number of carbonyl (C=O) groups is 1. The first kappa shape index (κ1) is 38.1. The molecule has 6 rings (SSSR count). The van der Waals surface area contributed by atoms with Crippen LogP contribution in [0.2, 0.25) is 0 Å². The first-order chi connectivity index (χ1) is 26.4. The van der Waals surface area contributed by atoms with Crippen LogP contribution in [-0.4, -0.2) is 45.6 Å². The summed E-state index contributed by atoms with van der Waals surface area (Å²) in [6, 6.07) is 33.9. The monoisotopic (exact) mass is 723 g/mol. The van der Waals surface area contributed by atoms with Gasteiger partial charge in [-0.05, 0) is 49.4 Å². The quantitative estimate of drug-likeness (QED) is 0.0144. The summed E-state index contributed by atoms with van der Waals surface area (Å²) < 4.78 is 32.5. The number of benzene rings is 3. The molecule has 0 unspecified atom stereocenters. The molecular formula is C42H33N3O9. The molecule has 3 heterocycles. The van der Waals surface area contributed by atoms with Crippen LogP contribution in [0.3, 0.4) is 0 Å². The van der Waals surface area contributed by atoms with Gasteiger partial charge in [0.25, 0.3) is 5.76 Å². The first-order valence-corrected chi connectivity index (χ1v) is 16.6. The topological polar surface area (TPSA) is 174 Å². The Balaban J connectivity index is 0.000000333. The van der Waals surface area contributed by atoms with Crippen molar-refractivity contribution < 1.29 is 42.0 Å². The number of esters is 1. The number of ether oxygens (including phenoxy) is 3. The third-order valence-electron chi connectivity index (χ3n) is 7.23. The van der Waals surface area contributed by atoms with Crippen LogP contribution in [0.15, 0.2) is 127 Å². The third-order valence-corrected chi connectivity index (χ3v) is 7.23. The molecule has 0 bridgehead atoms. The summed E-state index contributed by atoms with van der Waals surface area (Å²) in [6.07, 6.45) is 4.57. The number of nitrogens with zero attached hydrogens (tertiary/aromatic N) is 3. The maximum atomic E-state index is 12.2. The lowest BCUT2D eigenvalue weighted by Crippen LogP contribution is -2.14.